The standard InChI is InChI=1S/C13H23NO5/c1-8(2)7-9(10(15)11(16)18-6)14-12(17)19-13(3,4)5/h8-9H,7H2,1-6H3,(H,14,17)/t9-/m0/s1. The number of ether oxygens (including phenoxy) is 2. The number of carbonyl (C=O) groups excluding carboxylic acids is 3. The Labute approximate surface area is 113 Å². The van der Waals surface area contributed by atoms with E-state index < -0.39 is 29.5 Å². The van der Waals surface area contributed by atoms with Crippen LogP contribution in [0.4, 0.5) is 4.79 Å². The van der Waals surface area contributed by atoms with E-state index in [1.54, 1.807) is 20.8 Å². The minimum absolute atomic E-state index is 0.133. The SMILES string of the molecule is COC(=O)C(=O)[C@H](CC(C)C)NC(=O)OC(C)(C)C. The average Bonchev–Trinajstić information content (AvgIpc) is 2.22. The van der Waals surface area contributed by atoms with Gasteiger partial charge in [0.2, 0.25) is 0 Å². The van der Waals surface area contributed by atoms with Crippen LogP contribution in [0, 0.1) is 5.92 Å². The normalized spacial score (nSPS) is 12.8. The van der Waals surface area contributed by atoms with Gasteiger partial charge in [-0.25, -0.2) is 9.59 Å². The topological polar surface area (TPSA) is 81.7 Å². The number of rotatable bonds is 5. The Morgan fingerprint density at radius 1 is 1.16 bits per heavy atom. The second kappa shape index (κ2) is 7.11. The lowest BCUT2D eigenvalue weighted by Gasteiger charge is -2.23. The zero-order valence-corrected chi connectivity index (χ0v) is 12.4. The van der Waals surface area contributed by atoms with Crippen LogP contribution in [0.1, 0.15) is 41.0 Å². The van der Waals surface area contributed by atoms with Gasteiger partial charge in [0.25, 0.3) is 5.78 Å². The van der Waals surface area contributed by atoms with Gasteiger partial charge < -0.3 is 14.8 Å². The van der Waals surface area contributed by atoms with E-state index >= 15 is 0 Å². The van der Waals surface area contributed by atoms with Gasteiger partial charge in [-0.3, -0.25) is 4.79 Å². The van der Waals surface area contributed by atoms with E-state index in [2.05, 4.69) is 10.1 Å². The molecule has 1 N–H and O–H groups in total. The van der Waals surface area contributed by atoms with Crippen LogP contribution in [-0.2, 0) is 19.1 Å². The molecule has 0 fully saturated rings. The Bertz CT molecular complexity index is 343. The third-order valence-corrected chi connectivity index (χ3v) is 2.10. The third kappa shape index (κ3) is 7.43. The Balaban J connectivity index is 4.73. The van der Waals surface area contributed by atoms with Crippen LogP contribution in [0.25, 0.3) is 0 Å². The summed E-state index contributed by atoms with van der Waals surface area (Å²) in [5.74, 6) is -1.61. The summed E-state index contributed by atoms with van der Waals surface area (Å²) in [6, 6.07) is -0.928. The molecule has 6 nitrogen and oxygen atoms in total. The minimum Gasteiger partial charge on any atom is -0.463 e. The molecule has 1 amide bonds. The Morgan fingerprint density at radius 3 is 2.05 bits per heavy atom. The molecule has 0 aromatic carbocycles. The number of ketones is 1. The molecule has 0 bridgehead atoms. The molecule has 0 radical (unpaired) electrons. The Hall–Kier alpha value is -1.59. The van der Waals surface area contributed by atoms with Gasteiger partial charge in [0.05, 0.1) is 7.11 Å². The molecule has 6 heteroatoms. The van der Waals surface area contributed by atoms with Crippen LogP contribution in [0.3, 0.4) is 0 Å². The first-order valence-corrected chi connectivity index (χ1v) is 6.18. The van der Waals surface area contributed by atoms with Crippen molar-refractivity contribution in [2.45, 2.75) is 52.7 Å². The number of hydrogen-bond donors (Lipinski definition) is 1. The van der Waals surface area contributed by atoms with E-state index in [9.17, 15) is 14.4 Å². The van der Waals surface area contributed by atoms with Crippen molar-refractivity contribution in [3.8, 4) is 0 Å². The molecule has 19 heavy (non-hydrogen) atoms. The van der Waals surface area contributed by atoms with Crippen LogP contribution in [0.2, 0.25) is 0 Å². The highest BCUT2D eigenvalue weighted by atomic mass is 16.6. The summed E-state index contributed by atoms with van der Waals surface area (Å²) in [5.41, 5.74) is -0.666. The molecule has 0 saturated heterocycles. The maximum absolute atomic E-state index is 11.8. The van der Waals surface area contributed by atoms with Crippen molar-refractivity contribution >= 4 is 17.8 Å². The van der Waals surface area contributed by atoms with E-state index in [1.165, 1.54) is 0 Å². The maximum atomic E-state index is 11.8. The third-order valence-electron chi connectivity index (χ3n) is 2.10. The first-order valence-electron chi connectivity index (χ1n) is 6.18. The van der Waals surface area contributed by atoms with Gasteiger partial charge in [0.15, 0.2) is 0 Å². The molecule has 0 aromatic rings. The molecule has 0 saturated carbocycles. The van der Waals surface area contributed by atoms with E-state index in [-0.39, 0.29) is 5.92 Å². The lowest BCUT2D eigenvalue weighted by atomic mass is 10.0. The summed E-state index contributed by atoms with van der Waals surface area (Å²) in [6.45, 7) is 8.91. The molecule has 0 spiro atoms. The number of carbonyl (C=O) groups is 3. The van der Waals surface area contributed by atoms with Crippen molar-refractivity contribution in [1.29, 1.82) is 0 Å². The second-order valence-electron chi connectivity index (χ2n) is 5.68. The Kier molecular flexibility index (Phi) is 6.52. The summed E-state index contributed by atoms with van der Waals surface area (Å²) in [7, 11) is 1.13. The van der Waals surface area contributed by atoms with Crippen molar-refractivity contribution in [3.63, 3.8) is 0 Å². The average molecular weight is 273 g/mol. The second-order valence-corrected chi connectivity index (χ2v) is 5.68. The molecule has 0 heterocycles. The van der Waals surface area contributed by atoms with Crippen molar-refractivity contribution in [2.75, 3.05) is 7.11 Å². The van der Waals surface area contributed by atoms with E-state index in [0.29, 0.717) is 6.42 Å². The number of hydrogen-bond acceptors (Lipinski definition) is 5. The van der Waals surface area contributed by atoms with E-state index in [1.807, 2.05) is 13.8 Å². The molecular weight excluding hydrogens is 250 g/mol. The van der Waals surface area contributed by atoms with E-state index in [0.717, 1.165) is 7.11 Å². The number of nitrogens with one attached hydrogen (secondary N) is 1. The maximum Gasteiger partial charge on any atom is 0.408 e. The highest BCUT2D eigenvalue weighted by Gasteiger charge is 2.29. The fourth-order valence-corrected chi connectivity index (χ4v) is 1.40. The molecule has 0 rings (SSSR count). The van der Waals surface area contributed by atoms with Gasteiger partial charge in [-0.2, -0.15) is 0 Å². The zero-order valence-electron chi connectivity index (χ0n) is 12.4. The lowest BCUT2D eigenvalue weighted by Crippen LogP contribution is -2.46. The van der Waals surface area contributed by atoms with Gasteiger partial charge in [-0.05, 0) is 33.1 Å². The fourth-order valence-electron chi connectivity index (χ4n) is 1.40. The summed E-state index contributed by atoms with van der Waals surface area (Å²) in [5, 5.41) is 2.41. The fraction of sp³-hybridized carbons (Fsp3) is 0.769. The molecule has 0 unspecified atom stereocenters. The number of amides is 1. The predicted octanol–water partition coefficient (Wildman–Crippen LogP) is 1.67. The van der Waals surface area contributed by atoms with Crippen LogP contribution in [0.15, 0.2) is 0 Å². The van der Waals surface area contributed by atoms with Gasteiger partial charge in [-0.15, -0.1) is 0 Å². The zero-order chi connectivity index (χ0) is 15.2. The van der Waals surface area contributed by atoms with Crippen molar-refractivity contribution < 1.29 is 23.9 Å². The number of alkyl carbamates (subject to hydrolysis) is 1. The smallest absolute Gasteiger partial charge is 0.408 e. The highest BCUT2D eigenvalue weighted by molar-refractivity contribution is 6.35. The van der Waals surface area contributed by atoms with Crippen LogP contribution < -0.4 is 5.32 Å². The number of methoxy groups -OCH3 is 1. The lowest BCUT2D eigenvalue weighted by molar-refractivity contribution is -0.152. The summed E-state index contributed by atoms with van der Waals surface area (Å²) in [4.78, 5) is 34.6. The summed E-state index contributed by atoms with van der Waals surface area (Å²) < 4.78 is 9.44. The monoisotopic (exact) mass is 273 g/mol. The van der Waals surface area contributed by atoms with Crippen LogP contribution >= 0.6 is 0 Å². The van der Waals surface area contributed by atoms with Crippen molar-refractivity contribution in [2.24, 2.45) is 5.92 Å². The number of esters is 1. The van der Waals surface area contributed by atoms with Crippen LogP contribution in [-0.4, -0.2) is 36.6 Å². The molecule has 0 aliphatic carbocycles. The van der Waals surface area contributed by atoms with Gasteiger partial charge in [0, 0.05) is 0 Å². The van der Waals surface area contributed by atoms with Gasteiger partial charge >= 0.3 is 12.1 Å². The van der Waals surface area contributed by atoms with Crippen molar-refractivity contribution in [1.82, 2.24) is 5.32 Å². The first kappa shape index (κ1) is 17.4. The minimum atomic E-state index is -0.971. The van der Waals surface area contributed by atoms with E-state index in [4.69, 9.17) is 4.74 Å². The Morgan fingerprint density at radius 2 is 1.68 bits per heavy atom. The highest BCUT2D eigenvalue weighted by Crippen LogP contribution is 2.10. The predicted molar refractivity (Wildman–Crippen MR) is 69.6 cm³/mol. The first-order chi connectivity index (χ1) is 8.56. The van der Waals surface area contributed by atoms with Crippen molar-refractivity contribution in [3.05, 3.63) is 0 Å². The van der Waals surface area contributed by atoms with Gasteiger partial charge in [-0.1, -0.05) is 13.8 Å². The molecule has 1 atom stereocenters. The summed E-state index contributed by atoms with van der Waals surface area (Å²) >= 11 is 0. The molecule has 110 valence electrons. The largest absolute Gasteiger partial charge is 0.463 e. The molecule has 0 aliphatic heterocycles. The number of Topliss-reactive ketones (excluding diaryl/α,β-unsaturated/α-hetero) is 1. The van der Waals surface area contributed by atoms with Crippen LogP contribution in [0.5, 0.6) is 0 Å². The quantitative estimate of drug-likeness (QED) is 0.608. The van der Waals surface area contributed by atoms with Gasteiger partial charge in [0.1, 0.15) is 11.6 Å². The molecular formula is C13H23NO5. The molecule has 0 aliphatic rings. The summed E-state index contributed by atoms with van der Waals surface area (Å²) in [6.07, 6.45) is -0.386. The molecule has 0 aromatic heterocycles.